The van der Waals surface area contributed by atoms with Crippen LogP contribution in [-0.2, 0) is 14.4 Å². The van der Waals surface area contributed by atoms with Crippen LogP contribution in [0.3, 0.4) is 0 Å². The average molecular weight is 440 g/mol. The van der Waals surface area contributed by atoms with Gasteiger partial charge in [-0.15, -0.1) is 0 Å². The van der Waals surface area contributed by atoms with Gasteiger partial charge in [-0.2, -0.15) is 0 Å². The van der Waals surface area contributed by atoms with E-state index < -0.39 is 5.92 Å². The van der Waals surface area contributed by atoms with E-state index in [0.29, 0.717) is 28.6 Å². The summed E-state index contributed by atoms with van der Waals surface area (Å²) < 4.78 is 10.6. The van der Waals surface area contributed by atoms with Crippen molar-refractivity contribution < 1.29 is 23.9 Å². The molecule has 8 heteroatoms. The van der Waals surface area contributed by atoms with Gasteiger partial charge in [0, 0.05) is 36.3 Å². The molecule has 0 aliphatic carbocycles. The van der Waals surface area contributed by atoms with Gasteiger partial charge in [-0.3, -0.25) is 14.4 Å². The molecule has 3 amide bonds. The Morgan fingerprint density at radius 1 is 1.06 bits per heavy atom. The molecule has 1 aliphatic rings. The molecule has 2 N–H and O–H groups in total. The fourth-order valence-electron chi connectivity index (χ4n) is 3.48. The van der Waals surface area contributed by atoms with E-state index in [2.05, 4.69) is 10.6 Å². The maximum absolute atomic E-state index is 13.0. The number of rotatable bonds is 7. The number of carbonyl (C=O) groups is 3. The minimum Gasteiger partial charge on any atom is -0.497 e. The largest absolute Gasteiger partial charge is 0.497 e. The number of carbonyl (C=O) groups excluding carboxylic acids is 3. The van der Waals surface area contributed by atoms with Crippen LogP contribution < -0.4 is 25.0 Å². The maximum Gasteiger partial charge on any atom is 0.229 e. The molecule has 1 saturated heterocycles. The molecule has 0 bridgehead atoms. The highest BCUT2D eigenvalue weighted by Gasteiger charge is 2.36. The van der Waals surface area contributed by atoms with E-state index >= 15 is 0 Å². The second kappa shape index (κ2) is 9.72. The van der Waals surface area contributed by atoms with Crippen molar-refractivity contribution in [1.29, 1.82) is 0 Å². The van der Waals surface area contributed by atoms with Gasteiger partial charge in [-0.1, -0.05) is 19.9 Å². The van der Waals surface area contributed by atoms with Crippen LogP contribution in [0.25, 0.3) is 0 Å². The van der Waals surface area contributed by atoms with E-state index in [1.807, 2.05) is 26.8 Å². The minimum absolute atomic E-state index is 0.100. The fourth-order valence-corrected chi connectivity index (χ4v) is 3.48. The number of aryl methyl sites for hydroxylation is 1. The third-order valence-corrected chi connectivity index (χ3v) is 5.46. The van der Waals surface area contributed by atoms with E-state index in [0.717, 1.165) is 5.56 Å². The average Bonchev–Trinajstić information content (AvgIpc) is 3.16. The lowest BCUT2D eigenvalue weighted by Gasteiger charge is -2.20. The third-order valence-electron chi connectivity index (χ3n) is 5.46. The van der Waals surface area contributed by atoms with Gasteiger partial charge in [-0.05, 0) is 36.8 Å². The van der Waals surface area contributed by atoms with Gasteiger partial charge in [0.25, 0.3) is 0 Å². The molecule has 0 saturated carbocycles. The number of nitrogens with one attached hydrogen (secondary N) is 2. The van der Waals surface area contributed by atoms with Crippen LogP contribution in [0.2, 0.25) is 0 Å². The monoisotopic (exact) mass is 439 g/mol. The Labute approximate surface area is 187 Å². The van der Waals surface area contributed by atoms with Crippen molar-refractivity contribution in [3.05, 3.63) is 42.0 Å². The lowest BCUT2D eigenvalue weighted by Crippen LogP contribution is -2.28. The lowest BCUT2D eigenvalue weighted by molar-refractivity contribution is -0.122. The highest BCUT2D eigenvalue weighted by atomic mass is 16.5. The summed E-state index contributed by atoms with van der Waals surface area (Å²) in [4.78, 5) is 39.2. The highest BCUT2D eigenvalue weighted by Crippen LogP contribution is 2.36. The van der Waals surface area contributed by atoms with Crippen molar-refractivity contribution >= 4 is 34.8 Å². The van der Waals surface area contributed by atoms with E-state index in [-0.39, 0.29) is 36.6 Å². The molecule has 1 unspecified atom stereocenters. The molecule has 1 atom stereocenters. The van der Waals surface area contributed by atoms with Crippen LogP contribution in [0.15, 0.2) is 36.4 Å². The Balaban J connectivity index is 1.74. The first-order chi connectivity index (χ1) is 15.2. The van der Waals surface area contributed by atoms with Gasteiger partial charge in [0.2, 0.25) is 17.7 Å². The standard InChI is InChI=1S/C24H29N3O5/c1-14(2)23(29)25-17-7-6-15(3)19(11-17)26-24(30)16-10-22(28)27(13-16)20-9-8-18(31-4)12-21(20)32-5/h6-9,11-12,14,16H,10,13H2,1-5H3,(H,25,29)(H,26,30). The molecular weight excluding hydrogens is 410 g/mol. The number of nitrogens with zero attached hydrogens (tertiary/aromatic N) is 1. The van der Waals surface area contributed by atoms with Crippen LogP contribution in [0.4, 0.5) is 17.1 Å². The van der Waals surface area contributed by atoms with Crippen molar-refractivity contribution in [3.63, 3.8) is 0 Å². The van der Waals surface area contributed by atoms with Gasteiger partial charge < -0.3 is 25.0 Å². The summed E-state index contributed by atoms with van der Waals surface area (Å²) in [6, 6.07) is 10.6. The summed E-state index contributed by atoms with van der Waals surface area (Å²) in [6.07, 6.45) is 0.101. The Hall–Kier alpha value is -3.55. The number of methoxy groups -OCH3 is 2. The first-order valence-corrected chi connectivity index (χ1v) is 10.5. The van der Waals surface area contributed by atoms with Crippen LogP contribution in [0, 0.1) is 18.8 Å². The van der Waals surface area contributed by atoms with Crippen LogP contribution >= 0.6 is 0 Å². The molecule has 2 aromatic carbocycles. The van der Waals surface area contributed by atoms with Gasteiger partial charge in [-0.25, -0.2) is 0 Å². The summed E-state index contributed by atoms with van der Waals surface area (Å²) in [7, 11) is 3.08. The fraction of sp³-hybridized carbons (Fsp3) is 0.375. The summed E-state index contributed by atoms with van der Waals surface area (Å²) in [5.74, 6) is -0.0410. The summed E-state index contributed by atoms with van der Waals surface area (Å²) in [5, 5.41) is 5.75. The zero-order chi connectivity index (χ0) is 23.4. The van der Waals surface area contributed by atoms with Crippen LogP contribution in [0.5, 0.6) is 11.5 Å². The van der Waals surface area contributed by atoms with Gasteiger partial charge >= 0.3 is 0 Å². The highest BCUT2D eigenvalue weighted by molar-refractivity contribution is 6.04. The molecule has 32 heavy (non-hydrogen) atoms. The maximum atomic E-state index is 13.0. The van der Waals surface area contributed by atoms with Crippen molar-refractivity contribution in [2.45, 2.75) is 27.2 Å². The minimum atomic E-state index is -0.511. The number of benzene rings is 2. The SMILES string of the molecule is COc1ccc(N2CC(C(=O)Nc3cc(NC(=O)C(C)C)ccc3C)CC2=O)c(OC)c1. The summed E-state index contributed by atoms with van der Waals surface area (Å²) in [6.45, 7) is 5.74. The first-order valence-electron chi connectivity index (χ1n) is 10.5. The van der Waals surface area contributed by atoms with Gasteiger partial charge in [0.05, 0.1) is 25.8 Å². The molecule has 8 nitrogen and oxygen atoms in total. The Kier molecular flexibility index (Phi) is 7.02. The first kappa shape index (κ1) is 23.1. The molecule has 2 aromatic rings. The Bertz CT molecular complexity index is 1030. The lowest BCUT2D eigenvalue weighted by atomic mass is 10.1. The van der Waals surface area contributed by atoms with E-state index in [1.165, 1.54) is 7.11 Å². The smallest absolute Gasteiger partial charge is 0.229 e. The molecule has 0 spiro atoms. The number of hydrogen-bond acceptors (Lipinski definition) is 5. The quantitative estimate of drug-likeness (QED) is 0.687. The molecule has 1 aliphatic heterocycles. The third kappa shape index (κ3) is 5.01. The summed E-state index contributed by atoms with van der Waals surface area (Å²) in [5.41, 5.74) is 2.67. The molecule has 0 aromatic heterocycles. The second-order valence-corrected chi connectivity index (χ2v) is 8.11. The van der Waals surface area contributed by atoms with E-state index in [9.17, 15) is 14.4 Å². The van der Waals surface area contributed by atoms with Crippen molar-refractivity contribution in [3.8, 4) is 11.5 Å². The number of anilines is 3. The van der Waals surface area contributed by atoms with Crippen molar-refractivity contribution in [1.82, 2.24) is 0 Å². The topological polar surface area (TPSA) is 97.0 Å². The second-order valence-electron chi connectivity index (χ2n) is 8.11. The predicted molar refractivity (Wildman–Crippen MR) is 123 cm³/mol. The molecule has 170 valence electrons. The van der Waals surface area contributed by atoms with Crippen LogP contribution in [0.1, 0.15) is 25.8 Å². The normalized spacial score (nSPS) is 15.6. The zero-order valence-corrected chi connectivity index (χ0v) is 19.0. The molecule has 3 rings (SSSR count). The Morgan fingerprint density at radius 3 is 2.47 bits per heavy atom. The number of amides is 3. The molecule has 0 radical (unpaired) electrons. The molecule has 1 heterocycles. The molecular formula is C24H29N3O5. The van der Waals surface area contributed by atoms with Crippen molar-refractivity contribution in [2.24, 2.45) is 11.8 Å². The zero-order valence-electron chi connectivity index (χ0n) is 19.0. The Morgan fingerprint density at radius 2 is 1.81 bits per heavy atom. The predicted octanol–water partition coefficient (Wildman–Crippen LogP) is 3.60. The summed E-state index contributed by atoms with van der Waals surface area (Å²) >= 11 is 0. The van der Waals surface area contributed by atoms with Gasteiger partial charge in [0.15, 0.2) is 0 Å². The van der Waals surface area contributed by atoms with Gasteiger partial charge in [0.1, 0.15) is 11.5 Å². The van der Waals surface area contributed by atoms with E-state index in [1.54, 1.807) is 42.3 Å². The molecule has 1 fully saturated rings. The number of ether oxygens (including phenoxy) is 2. The van der Waals surface area contributed by atoms with Crippen molar-refractivity contribution in [2.75, 3.05) is 36.3 Å². The number of hydrogen-bond donors (Lipinski definition) is 2. The van der Waals surface area contributed by atoms with Crippen LogP contribution in [-0.4, -0.2) is 38.5 Å². The van der Waals surface area contributed by atoms with E-state index in [4.69, 9.17) is 9.47 Å².